The SMILES string of the molecule is CCCc1c(-c2c(C)n(C)n(-c3ccccc3)c2=O)c(C(N)=O)c(C)n1Cc1ccc(F)c(F)c1. The quantitative estimate of drug-likeness (QED) is 0.420. The van der Waals surface area contributed by atoms with Gasteiger partial charge in [0, 0.05) is 36.2 Å². The van der Waals surface area contributed by atoms with Crippen molar-refractivity contribution < 1.29 is 13.6 Å². The molecular weight excluding hydrogens is 450 g/mol. The lowest BCUT2D eigenvalue weighted by Gasteiger charge is -2.13. The minimum atomic E-state index is -0.940. The summed E-state index contributed by atoms with van der Waals surface area (Å²) >= 11 is 0. The molecule has 4 rings (SSSR count). The van der Waals surface area contributed by atoms with Crippen LogP contribution in [0.5, 0.6) is 0 Å². The summed E-state index contributed by atoms with van der Waals surface area (Å²) in [7, 11) is 1.79. The molecule has 0 saturated heterocycles. The highest BCUT2D eigenvalue weighted by atomic mass is 19.2. The smallest absolute Gasteiger partial charge is 0.279 e. The molecule has 0 saturated carbocycles. The molecule has 0 aliphatic heterocycles. The van der Waals surface area contributed by atoms with E-state index in [0.717, 1.165) is 24.2 Å². The fraction of sp³-hybridized carbons (Fsp3) is 0.259. The number of carbonyl (C=O) groups is 1. The maximum absolute atomic E-state index is 13.9. The third-order valence-corrected chi connectivity index (χ3v) is 6.49. The molecule has 4 aromatic rings. The Hall–Kier alpha value is -3.94. The van der Waals surface area contributed by atoms with Crippen molar-refractivity contribution in [3.63, 3.8) is 0 Å². The molecular formula is C27H28F2N4O2. The zero-order valence-corrected chi connectivity index (χ0v) is 20.2. The Bertz CT molecular complexity index is 1480. The Morgan fingerprint density at radius 3 is 2.26 bits per heavy atom. The lowest BCUT2D eigenvalue weighted by molar-refractivity contribution is 0.1000. The molecule has 0 radical (unpaired) electrons. The van der Waals surface area contributed by atoms with Crippen LogP contribution in [-0.2, 0) is 20.0 Å². The van der Waals surface area contributed by atoms with Gasteiger partial charge in [-0.25, -0.2) is 13.5 Å². The number of primary amides is 1. The highest BCUT2D eigenvalue weighted by Crippen LogP contribution is 2.35. The summed E-state index contributed by atoms with van der Waals surface area (Å²) in [6, 6.07) is 13.0. The summed E-state index contributed by atoms with van der Waals surface area (Å²) in [6.07, 6.45) is 1.30. The van der Waals surface area contributed by atoms with E-state index in [1.807, 2.05) is 48.7 Å². The van der Waals surface area contributed by atoms with E-state index in [-0.39, 0.29) is 17.7 Å². The predicted octanol–water partition coefficient (Wildman–Crippen LogP) is 4.64. The summed E-state index contributed by atoms with van der Waals surface area (Å²) in [5.74, 6) is -2.51. The third-order valence-electron chi connectivity index (χ3n) is 6.49. The highest BCUT2D eigenvalue weighted by Gasteiger charge is 2.30. The average Bonchev–Trinajstić information content (AvgIpc) is 3.21. The van der Waals surface area contributed by atoms with Crippen LogP contribution in [-0.4, -0.2) is 19.8 Å². The second-order valence-electron chi connectivity index (χ2n) is 8.67. The van der Waals surface area contributed by atoms with Crippen molar-refractivity contribution in [2.24, 2.45) is 12.8 Å². The van der Waals surface area contributed by atoms with E-state index in [1.54, 1.807) is 23.3 Å². The van der Waals surface area contributed by atoms with Crippen LogP contribution in [0.15, 0.2) is 53.3 Å². The van der Waals surface area contributed by atoms with Crippen molar-refractivity contribution in [3.05, 3.63) is 98.7 Å². The van der Waals surface area contributed by atoms with Gasteiger partial charge in [0.05, 0.1) is 16.8 Å². The molecule has 0 atom stereocenters. The number of para-hydroxylation sites is 1. The zero-order valence-electron chi connectivity index (χ0n) is 20.2. The molecule has 0 fully saturated rings. The van der Waals surface area contributed by atoms with Crippen LogP contribution < -0.4 is 11.3 Å². The number of nitrogens with zero attached hydrogens (tertiary/aromatic N) is 3. The van der Waals surface area contributed by atoms with Crippen LogP contribution in [0.4, 0.5) is 8.78 Å². The van der Waals surface area contributed by atoms with Gasteiger partial charge in [0.1, 0.15) is 0 Å². The Morgan fingerprint density at radius 2 is 1.66 bits per heavy atom. The second-order valence-corrected chi connectivity index (χ2v) is 8.67. The van der Waals surface area contributed by atoms with Crippen LogP contribution in [0, 0.1) is 25.5 Å². The van der Waals surface area contributed by atoms with Gasteiger partial charge in [-0.2, -0.15) is 0 Å². The standard InChI is InChI=1S/C27H28F2N4O2/c1-5-9-22-25(24-16(2)31(4)33(27(24)35)19-10-7-6-8-11-19)23(26(30)34)17(3)32(22)15-18-12-13-20(28)21(29)14-18/h6-8,10-14H,5,9,15H2,1-4H3,(H2,30,34). The summed E-state index contributed by atoms with van der Waals surface area (Å²) < 4.78 is 32.6. The number of halogens is 2. The van der Waals surface area contributed by atoms with Gasteiger partial charge in [0.2, 0.25) is 0 Å². The summed E-state index contributed by atoms with van der Waals surface area (Å²) in [4.78, 5) is 26.5. The first kappa shape index (κ1) is 24.2. The lowest BCUT2D eigenvalue weighted by Crippen LogP contribution is -2.21. The van der Waals surface area contributed by atoms with Gasteiger partial charge in [-0.05, 0) is 50.1 Å². The Labute approximate surface area is 202 Å². The molecule has 0 aliphatic rings. The van der Waals surface area contributed by atoms with Gasteiger partial charge < -0.3 is 10.3 Å². The largest absolute Gasteiger partial charge is 0.366 e. The van der Waals surface area contributed by atoms with Gasteiger partial charge in [-0.15, -0.1) is 0 Å². The van der Waals surface area contributed by atoms with Gasteiger partial charge in [0.25, 0.3) is 11.5 Å². The maximum Gasteiger partial charge on any atom is 0.279 e. The minimum Gasteiger partial charge on any atom is -0.366 e. The maximum atomic E-state index is 13.9. The molecule has 35 heavy (non-hydrogen) atoms. The van der Waals surface area contributed by atoms with Crippen molar-refractivity contribution in [1.82, 2.24) is 13.9 Å². The van der Waals surface area contributed by atoms with Gasteiger partial charge >= 0.3 is 0 Å². The number of nitrogens with two attached hydrogens (primary N) is 1. The first-order valence-corrected chi connectivity index (χ1v) is 11.5. The van der Waals surface area contributed by atoms with Crippen molar-refractivity contribution in [1.29, 1.82) is 0 Å². The van der Waals surface area contributed by atoms with E-state index >= 15 is 0 Å². The normalized spacial score (nSPS) is 11.3. The molecule has 2 aromatic carbocycles. The van der Waals surface area contributed by atoms with E-state index in [0.29, 0.717) is 40.2 Å². The molecule has 0 spiro atoms. The van der Waals surface area contributed by atoms with Gasteiger partial charge in [0.15, 0.2) is 11.6 Å². The molecule has 0 unspecified atom stereocenters. The summed E-state index contributed by atoms with van der Waals surface area (Å²) in [5, 5.41) is 0. The van der Waals surface area contributed by atoms with E-state index in [2.05, 4.69) is 0 Å². The Kier molecular flexibility index (Phi) is 6.47. The van der Waals surface area contributed by atoms with Crippen LogP contribution in [0.1, 0.15) is 46.3 Å². The van der Waals surface area contributed by atoms with E-state index in [4.69, 9.17) is 5.73 Å². The van der Waals surface area contributed by atoms with Gasteiger partial charge in [-0.1, -0.05) is 37.6 Å². The molecule has 6 nitrogen and oxygen atoms in total. The van der Waals surface area contributed by atoms with Crippen LogP contribution in [0.3, 0.4) is 0 Å². The number of carbonyl (C=O) groups excluding carboxylic acids is 1. The number of benzene rings is 2. The molecule has 2 aromatic heterocycles. The lowest BCUT2D eigenvalue weighted by atomic mass is 9.98. The molecule has 2 N–H and O–H groups in total. The molecule has 0 aliphatic carbocycles. The van der Waals surface area contributed by atoms with E-state index < -0.39 is 17.5 Å². The minimum absolute atomic E-state index is 0.206. The van der Waals surface area contributed by atoms with E-state index in [9.17, 15) is 18.4 Å². The third kappa shape index (κ3) is 4.09. The molecule has 1 amide bonds. The van der Waals surface area contributed by atoms with Crippen LogP contribution in [0.2, 0.25) is 0 Å². The van der Waals surface area contributed by atoms with Crippen molar-refractivity contribution in [2.75, 3.05) is 0 Å². The number of hydrogen-bond acceptors (Lipinski definition) is 2. The number of amides is 1. The predicted molar refractivity (Wildman–Crippen MR) is 132 cm³/mol. The van der Waals surface area contributed by atoms with Crippen LogP contribution in [0.25, 0.3) is 16.8 Å². The average molecular weight is 479 g/mol. The first-order valence-electron chi connectivity index (χ1n) is 11.5. The second kappa shape index (κ2) is 9.37. The van der Waals surface area contributed by atoms with Crippen LogP contribution >= 0.6 is 0 Å². The molecule has 182 valence electrons. The molecule has 8 heteroatoms. The zero-order chi connectivity index (χ0) is 25.4. The topological polar surface area (TPSA) is 75.0 Å². The Morgan fingerprint density at radius 1 is 0.971 bits per heavy atom. The Balaban J connectivity index is 2.01. The van der Waals surface area contributed by atoms with Crippen molar-refractivity contribution in [3.8, 4) is 16.8 Å². The summed E-state index contributed by atoms with van der Waals surface area (Å²) in [5.41, 5.74) is 10.0. The first-order chi connectivity index (χ1) is 16.7. The fourth-order valence-electron chi connectivity index (χ4n) is 4.76. The van der Waals surface area contributed by atoms with E-state index in [1.165, 1.54) is 6.07 Å². The molecule has 0 bridgehead atoms. The number of hydrogen-bond donors (Lipinski definition) is 1. The van der Waals surface area contributed by atoms with Crippen molar-refractivity contribution in [2.45, 2.75) is 40.2 Å². The monoisotopic (exact) mass is 478 g/mol. The summed E-state index contributed by atoms with van der Waals surface area (Å²) in [6.45, 7) is 5.80. The fourth-order valence-corrected chi connectivity index (χ4v) is 4.76. The number of aromatic nitrogens is 3. The highest BCUT2D eigenvalue weighted by molar-refractivity contribution is 6.02. The van der Waals surface area contributed by atoms with Gasteiger partial charge in [-0.3, -0.25) is 14.3 Å². The van der Waals surface area contributed by atoms with Crippen molar-refractivity contribution >= 4 is 5.91 Å². The molecule has 2 heterocycles. The number of rotatable bonds is 7.